The summed E-state index contributed by atoms with van der Waals surface area (Å²) in [5, 5.41) is 0. The quantitative estimate of drug-likeness (QED) is 0.787. The van der Waals surface area contributed by atoms with Gasteiger partial charge in [0.1, 0.15) is 0 Å². The zero-order valence-corrected chi connectivity index (χ0v) is 12.8. The molecule has 1 aromatic carbocycles. The smallest absolute Gasteiger partial charge is 0.253 e. The van der Waals surface area contributed by atoms with Crippen LogP contribution in [-0.2, 0) is 0 Å². The summed E-state index contributed by atoms with van der Waals surface area (Å²) >= 11 is 0. The van der Waals surface area contributed by atoms with Crippen LogP contribution in [0.25, 0.3) is 0 Å². The van der Waals surface area contributed by atoms with E-state index in [1.807, 2.05) is 44.2 Å². The normalized spacial score (nSPS) is 11.1. The van der Waals surface area contributed by atoms with Crippen LogP contribution in [0.4, 0.5) is 0 Å². The molecule has 19 heavy (non-hydrogen) atoms. The molecule has 0 saturated heterocycles. The van der Waals surface area contributed by atoms with Crippen LogP contribution in [0.3, 0.4) is 0 Å². The highest BCUT2D eigenvalue weighted by atomic mass is 16.2. The fourth-order valence-electron chi connectivity index (χ4n) is 1.98. The van der Waals surface area contributed by atoms with E-state index in [1.165, 1.54) is 5.56 Å². The summed E-state index contributed by atoms with van der Waals surface area (Å²) in [5.41, 5.74) is 2.01. The second-order valence-corrected chi connectivity index (χ2v) is 5.66. The van der Waals surface area contributed by atoms with Crippen LogP contribution in [0.1, 0.15) is 42.1 Å². The molecule has 106 valence electrons. The Balaban J connectivity index is 2.63. The average molecular weight is 262 g/mol. The molecule has 0 heterocycles. The molecule has 0 aliphatic rings. The summed E-state index contributed by atoms with van der Waals surface area (Å²) in [6, 6.07) is 7.95. The van der Waals surface area contributed by atoms with Crippen molar-refractivity contribution in [2.75, 3.05) is 34.2 Å². The Hall–Kier alpha value is -1.35. The van der Waals surface area contributed by atoms with Gasteiger partial charge in [0, 0.05) is 19.2 Å². The lowest BCUT2D eigenvalue weighted by atomic mass is 10.0. The van der Waals surface area contributed by atoms with E-state index in [2.05, 4.69) is 24.8 Å². The molecule has 3 heteroatoms. The first-order chi connectivity index (χ1) is 8.91. The first kappa shape index (κ1) is 15.7. The SMILES string of the molecule is CC(C)c1cccc(C(=O)N(C)CCCN(C)C)c1. The molecule has 0 radical (unpaired) electrons. The summed E-state index contributed by atoms with van der Waals surface area (Å²) in [7, 11) is 5.97. The zero-order chi connectivity index (χ0) is 14.4. The van der Waals surface area contributed by atoms with Crippen molar-refractivity contribution in [3.05, 3.63) is 35.4 Å². The van der Waals surface area contributed by atoms with E-state index in [-0.39, 0.29) is 5.91 Å². The highest BCUT2D eigenvalue weighted by Gasteiger charge is 2.12. The van der Waals surface area contributed by atoms with Crippen molar-refractivity contribution in [1.29, 1.82) is 0 Å². The minimum atomic E-state index is 0.112. The second-order valence-electron chi connectivity index (χ2n) is 5.66. The molecule has 0 saturated carbocycles. The van der Waals surface area contributed by atoms with E-state index in [9.17, 15) is 4.79 Å². The van der Waals surface area contributed by atoms with Crippen molar-refractivity contribution in [3.63, 3.8) is 0 Å². The van der Waals surface area contributed by atoms with Crippen molar-refractivity contribution in [1.82, 2.24) is 9.80 Å². The van der Waals surface area contributed by atoms with Gasteiger partial charge in [-0.2, -0.15) is 0 Å². The molecular formula is C16H26N2O. The number of benzene rings is 1. The van der Waals surface area contributed by atoms with Crippen LogP contribution in [-0.4, -0.2) is 49.9 Å². The van der Waals surface area contributed by atoms with Gasteiger partial charge in [-0.1, -0.05) is 26.0 Å². The van der Waals surface area contributed by atoms with Crippen LogP contribution in [0.5, 0.6) is 0 Å². The number of carbonyl (C=O) groups is 1. The summed E-state index contributed by atoms with van der Waals surface area (Å²) < 4.78 is 0. The molecule has 0 aliphatic heterocycles. The van der Waals surface area contributed by atoms with Gasteiger partial charge >= 0.3 is 0 Å². The Labute approximate surface area is 117 Å². The van der Waals surface area contributed by atoms with Crippen LogP contribution < -0.4 is 0 Å². The molecule has 0 aliphatic carbocycles. The maximum atomic E-state index is 12.3. The van der Waals surface area contributed by atoms with Crippen LogP contribution in [0.2, 0.25) is 0 Å². The van der Waals surface area contributed by atoms with Crippen molar-refractivity contribution in [2.45, 2.75) is 26.2 Å². The molecule has 1 amide bonds. The molecule has 0 unspecified atom stereocenters. The Morgan fingerprint density at radius 2 is 1.84 bits per heavy atom. The molecule has 0 fully saturated rings. The van der Waals surface area contributed by atoms with Gasteiger partial charge in [-0.3, -0.25) is 4.79 Å². The fourth-order valence-corrected chi connectivity index (χ4v) is 1.98. The first-order valence-corrected chi connectivity index (χ1v) is 6.92. The predicted molar refractivity (Wildman–Crippen MR) is 80.7 cm³/mol. The van der Waals surface area contributed by atoms with Gasteiger partial charge in [-0.25, -0.2) is 0 Å². The largest absolute Gasteiger partial charge is 0.342 e. The number of hydrogen-bond acceptors (Lipinski definition) is 2. The van der Waals surface area contributed by atoms with Crippen molar-refractivity contribution in [3.8, 4) is 0 Å². The van der Waals surface area contributed by atoms with Crippen molar-refractivity contribution in [2.24, 2.45) is 0 Å². The number of amides is 1. The maximum Gasteiger partial charge on any atom is 0.253 e. The van der Waals surface area contributed by atoms with E-state index in [1.54, 1.807) is 0 Å². The van der Waals surface area contributed by atoms with Crippen molar-refractivity contribution >= 4 is 5.91 Å². The van der Waals surface area contributed by atoms with E-state index in [4.69, 9.17) is 0 Å². The topological polar surface area (TPSA) is 23.6 Å². The van der Waals surface area contributed by atoms with Gasteiger partial charge in [0.05, 0.1) is 0 Å². The van der Waals surface area contributed by atoms with Crippen LogP contribution in [0, 0.1) is 0 Å². The molecule has 1 aromatic rings. The third kappa shape index (κ3) is 5.03. The standard InChI is InChI=1S/C16H26N2O/c1-13(2)14-8-6-9-15(12-14)16(19)18(5)11-7-10-17(3)4/h6,8-9,12-13H,7,10-11H2,1-5H3. The van der Waals surface area contributed by atoms with E-state index in [0.29, 0.717) is 5.92 Å². The third-order valence-corrected chi connectivity index (χ3v) is 3.25. The van der Waals surface area contributed by atoms with Gasteiger partial charge < -0.3 is 9.80 Å². The van der Waals surface area contributed by atoms with Gasteiger partial charge in [-0.15, -0.1) is 0 Å². The van der Waals surface area contributed by atoms with Gasteiger partial charge in [0.2, 0.25) is 0 Å². The minimum Gasteiger partial charge on any atom is -0.342 e. The van der Waals surface area contributed by atoms with Crippen LogP contribution in [0.15, 0.2) is 24.3 Å². The Morgan fingerprint density at radius 3 is 2.42 bits per heavy atom. The Kier molecular flexibility index (Phi) is 6.03. The number of nitrogens with zero attached hydrogens (tertiary/aromatic N) is 2. The summed E-state index contributed by atoms with van der Waals surface area (Å²) in [4.78, 5) is 16.3. The third-order valence-electron chi connectivity index (χ3n) is 3.25. The highest BCUT2D eigenvalue weighted by molar-refractivity contribution is 5.94. The van der Waals surface area contributed by atoms with Gasteiger partial charge in [0.15, 0.2) is 0 Å². The molecule has 0 spiro atoms. The number of hydrogen-bond donors (Lipinski definition) is 0. The molecule has 0 aromatic heterocycles. The average Bonchev–Trinajstić information content (AvgIpc) is 2.37. The van der Waals surface area contributed by atoms with Crippen LogP contribution >= 0.6 is 0 Å². The highest BCUT2D eigenvalue weighted by Crippen LogP contribution is 2.16. The zero-order valence-electron chi connectivity index (χ0n) is 12.8. The minimum absolute atomic E-state index is 0.112. The maximum absolute atomic E-state index is 12.3. The number of rotatable bonds is 6. The second kappa shape index (κ2) is 7.29. The van der Waals surface area contributed by atoms with E-state index in [0.717, 1.165) is 25.1 Å². The fraction of sp³-hybridized carbons (Fsp3) is 0.562. The van der Waals surface area contributed by atoms with E-state index < -0.39 is 0 Å². The molecule has 0 N–H and O–H groups in total. The summed E-state index contributed by atoms with van der Waals surface area (Å²) in [5.74, 6) is 0.563. The summed E-state index contributed by atoms with van der Waals surface area (Å²) in [6.07, 6.45) is 0.999. The molecule has 0 atom stereocenters. The van der Waals surface area contributed by atoms with Gasteiger partial charge in [0.25, 0.3) is 5.91 Å². The molecular weight excluding hydrogens is 236 g/mol. The monoisotopic (exact) mass is 262 g/mol. The van der Waals surface area contributed by atoms with E-state index >= 15 is 0 Å². The summed E-state index contributed by atoms with van der Waals surface area (Å²) in [6.45, 7) is 6.08. The first-order valence-electron chi connectivity index (χ1n) is 6.92. The Morgan fingerprint density at radius 1 is 1.16 bits per heavy atom. The lowest BCUT2D eigenvalue weighted by Crippen LogP contribution is -2.29. The lowest BCUT2D eigenvalue weighted by Gasteiger charge is -2.19. The molecule has 3 nitrogen and oxygen atoms in total. The molecule has 0 bridgehead atoms. The predicted octanol–water partition coefficient (Wildman–Crippen LogP) is 2.83. The number of carbonyl (C=O) groups excluding carboxylic acids is 1. The molecule has 1 rings (SSSR count). The lowest BCUT2D eigenvalue weighted by molar-refractivity contribution is 0.0790. The Bertz CT molecular complexity index is 413. The van der Waals surface area contributed by atoms with Crippen molar-refractivity contribution < 1.29 is 4.79 Å². The van der Waals surface area contributed by atoms with Gasteiger partial charge in [-0.05, 0) is 50.7 Å².